The third-order valence-corrected chi connectivity index (χ3v) is 5.13. The Kier molecular flexibility index (Phi) is 3.39. The number of nitrogens with two attached hydrogens (primary N) is 1. The second-order valence-corrected chi connectivity index (χ2v) is 7.63. The minimum atomic E-state index is -0.472. The second kappa shape index (κ2) is 4.94. The monoisotopic (exact) mass is 316 g/mol. The van der Waals surface area contributed by atoms with Crippen LogP contribution in [0.3, 0.4) is 0 Å². The highest BCUT2D eigenvalue weighted by Gasteiger charge is 2.48. The first-order valence-electron chi connectivity index (χ1n) is 7.96. The van der Waals surface area contributed by atoms with Gasteiger partial charge in [-0.05, 0) is 31.4 Å². The van der Waals surface area contributed by atoms with Crippen LogP contribution in [0.2, 0.25) is 0 Å². The first-order valence-corrected chi connectivity index (χ1v) is 7.96. The Hall–Kier alpha value is -2.11. The first-order chi connectivity index (χ1) is 10.7. The molecule has 23 heavy (non-hydrogen) atoms. The van der Waals surface area contributed by atoms with Crippen molar-refractivity contribution in [1.82, 2.24) is 14.7 Å². The van der Waals surface area contributed by atoms with E-state index >= 15 is 0 Å². The van der Waals surface area contributed by atoms with Gasteiger partial charge in [0.2, 0.25) is 0 Å². The summed E-state index contributed by atoms with van der Waals surface area (Å²) < 4.78 is 1.63. The van der Waals surface area contributed by atoms with Crippen molar-refractivity contribution >= 4 is 11.7 Å². The van der Waals surface area contributed by atoms with Crippen LogP contribution in [0.1, 0.15) is 42.7 Å². The predicted molar refractivity (Wildman–Crippen MR) is 86.6 cm³/mol. The lowest BCUT2D eigenvalue weighted by atomic mass is 9.65. The lowest BCUT2D eigenvalue weighted by Crippen LogP contribution is -2.42. The molecule has 1 aliphatic carbocycles. The molecule has 0 unspecified atom stereocenters. The lowest BCUT2D eigenvalue weighted by molar-refractivity contribution is -0.125. The Labute approximate surface area is 136 Å². The molecule has 1 atom stereocenters. The van der Waals surface area contributed by atoms with Crippen molar-refractivity contribution in [3.8, 4) is 0 Å². The van der Waals surface area contributed by atoms with Crippen molar-refractivity contribution in [3.05, 3.63) is 29.2 Å². The molecule has 0 radical (unpaired) electrons. The molecule has 1 aromatic rings. The van der Waals surface area contributed by atoms with Gasteiger partial charge in [-0.2, -0.15) is 5.10 Å². The van der Waals surface area contributed by atoms with Gasteiger partial charge in [-0.25, -0.2) is 0 Å². The summed E-state index contributed by atoms with van der Waals surface area (Å²) in [6.07, 6.45) is 5.17. The molecule has 6 nitrogen and oxygen atoms in total. The quantitative estimate of drug-likeness (QED) is 0.849. The van der Waals surface area contributed by atoms with Gasteiger partial charge in [-0.15, -0.1) is 0 Å². The van der Waals surface area contributed by atoms with Gasteiger partial charge in [0.05, 0.1) is 11.9 Å². The summed E-state index contributed by atoms with van der Waals surface area (Å²) in [6, 6.07) is 0. The fourth-order valence-electron chi connectivity index (χ4n) is 4.13. The topological polar surface area (TPSA) is 81.2 Å². The summed E-state index contributed by atoms with van der Waals surface area (Å²) in [5.41, 5.74) is 7.16. The smallest absolute Gasteiger partial charge is 0.272 e. The SMILES string of the molecule is Cc1cnn(C)c1C(=O)N1CC[C@]2(C=C(N)C(=O)C(C)(C)C2)C1. The van der Waals surface area contributed by atoms with Crippen molar-refractivity contribution in [2.24, 2.45) is 23.6 Å². The van der Waals surface area contributed by atoms with E-state index in [2.05, 4.69) is 5.10 Å². The molecule has 1 saturated heterocycles. The van der Waals surface area contributed by atoms with Crippen molar-refractivity contribution in [2.75, 3.05) is 13.1 Å². The maximum atomic E-state index is 12.8. The summed E-state index contributed by atoms with van der Waals surface area (Å²) in [7, 11) is 1.78. The molecule has 1 aromatic heterocycles. The number of likely N-dealkylation sites (tertiary alicyclic amines) is 1. The molecule has 2 N–H and O–H groups in total. The number of ketones is 1. The molecule has 3 rings (SSSR count). The van der Waals surface area contributed by atoms with Gasteiger partial charge in [-0.3, -0.25) is 14.3 Å². The second-order valence-electron chi connectivity index (χ2n) is 7.63. The zero-order valence-corrected chi connectivity index (χ0v) is 14.2. The number of aryl methyl sites for hydroxylation is 2. The molecule has 1 fully saturated rings. The van der Waals surface area contributed by atoms with Crippen LogP contribution in [-0.2, 0) is 11.8 Å². The number of carbonyl (C=O) groups excluding carboxylic acids is 2. The number of hydrogen-bond donors (Lipinski definition) is 1. The van der Waals surface area contributed by atoms with Gasteiger partial charge in [-0.1, -0.05) is 13.8 Å². The highest BCUT2D eigenvalue weighted by atomic mass is 16.2. The Bertz CT molecular complexity index is 697. The van der Waals surface area contributed by atoms with Gasteiger partial charge in [0.1, 0.15) is 5.69 Å². The number of rotatable bonds is 1. The highest BCUT2D eigenvalue weighted by molar-refractivity contribution is 6.00. The van der Waals surface area contributed by atoms with Crippen molar-refractivity contribution in [3.63, 3.8) is 0 Å². The molecular formula is C17H24N4O2. The normalized spacial score (nSPS) is 26.7. The van der Waals surface area contributed by atoms with E-state index in [1.54, 1.807) is 17.9 Å². The Morgan fingerprint density at radius 2 is 2.09 bits per heavy atom. The van der Waals surface area contributed by atoms with Crippen LogP contribution in [-0.4, -0.2) is 39.5 Å². The average molecular weight is 316 g/mol. The molecule has 2 aliphatic rings. The van der Waals surface area contributed by atoms with E-state index in [4.69, 9.17) is 5.73 Å². The maximum absolute atomic E-state index is 12.8. The van der Waals surface area contributed by atoms with E-state index in [1.165, 1.54) is 0 Å². The largest absolute Gasteiger partial charge is 0.396 e. The minimum Gasteiger partial charge on any atom is -0.396 e. The number of hydrogen-bond acceptors (Lipinski definition) is 4. The molecule has 2 heterocycles. The van der Waals surface area contributed by atoms with Crippen LogP contribution in [0.25, 0.3) is 0 Å². The van der Waals surface area contributed by atoms with Gasteiger partial charge in [0.25, 0.3) is 5.91 Å². The Balaban J connectivity index is 1.87. The van der Waals surface area contributed by atoms with Gasteiger partial charge < -0.3 is 10.6 Å². The lowest BCUT2D eigenvalue weighted by Gasteiger charge is -2.39. The van der Waals surface area contributed by atoms with Crippen molar-refractivity contribution in [1.29, 1.82) is 0 Å². The van der Waals surface area contributed by atoms with Crippen molar-refractivity contribution in [2.45, 2.75) is 33.6 Å². The molecule has 1 spiro atoms. The molecule has 0 saturated carbocycles. The number of aromatic nitrogens is 2. The molecule has 1 aliphatic heterocycles. The van der Waals surface area contributed by atoms with E-state index < -0.39 is 5.41 Å². The zero-order valence-electron chi connectivity index (χ0n) is 14.2. The molecule has 0 bridgehead atoms. The average Bonchev–Trinajstić information content (AvgIpc) is 3.00. The molecule has 124 valence electrons. The molecular weight excluding hydrogens is 292 g/mol. The zero-order chi connectivity index (χ0) is 17.0. The van der Waals surface area contributed by atoms with Crippen LogP contribution in [0.4, 0.5) is 0 Å². The van der Waals surface area contributed by atoms with Gasteiger partial charge in [0.15, 0.2) is 5.78 Å². The summed E-state index contributed by atoms with van der Waals surface area (Å²) in [5, 5.41) is 4.15. The van der Waals surface area contributed by atoms with E-state index in [1.807, 2.05) is 31.7 Å². The number of carbonyl (C=O) groups is 2. The van der Waals surface area contributed by atoms with E-state index in [9.17, 15) is 9.59 Å². The fourth-order valence-corrected chi connectivity index (χ4v) is 4.13. The van der Waals surface area contributed by atoms with Crippen LogP contribution in [0, 0.1) is 17.8 Å². The van der Waals surface area contributed by atoms with Crippen LogP contribution < -0.4 is 5.73 Å². The van der Waals surface area contributed by atoms with Crippen molar-refractivity contribution < 1.29 is 9.59 Å². The fraction of sp³-hybridized carbons (Fsp3) is 0.588. The predicted octanol–water partition coefficient (Wildman–Crippen LogP) is 1.40. The highest BCUT2D eigenvalue weighted by Crippen LogP contribution is 2.47. The minimum absolute atomic E-state index is 0.000975. The van der Waals surface area contributed by atoms with Gasteiger partial charge >= 0.3 is 0 Å². The van der Waals surface area contributed by atoms with Crippen LogP contribution in [0.15, 0.2) is 18.0 Å². The van der Waals surface area contributed by atoms with E-state index in [0.717, 1.165) is 18.4 Å². The third-order valence-electron chi connectivity index (χ3n) is 5.13. The summed E-state index contributed by atoms with van der Waals surface area (Å²) >= 11 is 0. The molecule has 1 amide bonds. The standard InChI is InChI=1S/C17H24N4O2/c1-11-8-19-20(4)13(11)15(23)21-6-5-17(10-21)7-12(18)14(22)16(2,3)9-17/h7-8H,5-6,9-10,18H2,1-4H3/t17-/m1/s1. The summed E-state index contributed by atoms with van der Waals surface area (Å²) in [4.78, 5) is 26.9. The third kappa shape index (κ3) is 2.46. The first kappa shape index (κ1) is 15.8. The number of allylic oxidation sites excluding steroid dienone is 1. The number of nitrogens with zero attached hydrogens (tertiary/aromatic N) is 3. The summed E-state index contributed by atoms with van der Waals surface area (Å²) in [6.45, 7) is 7.05. The van der Waals surface area contributed by atoms with E-state index in [0.29, 0.717) is 24.5 Å². The van der Waals surface area contributed by atoms with Crippen LogP contribution >= 0.6 is 0 Å². The van der Waals surface area contributed by atoms with E-state index in [-0.39, 0.29) is 17.1 Å². The number of amides is 1. The number of Topliss-reactive ketones (excluding diaryl/α,β-unsaturated/α-hetero) is 1. The summed E-state index contributed by atoms with van der Waals surface area (Å²) in [5.74, 6) is 0.0106. The maximum Gasteiger partial charge on any atom is 0.272 e. The van der Waals surface area contributed by atoms with Gasteiger partial charge in [0, 0.05) is 31.0 Å². The molecule has 0 aromatic carbocycles. The Morgan fingerprint density at radius 3 is 2.65 bits per heavy atom. The molecule has 6 heteroatoms. The Morgan fingerprint density at radius 1 is 1.39 bits per heavy atom. The van der Waals surface area contributed by atoms with Crippen LogP contribution in [0.5, 0.6) is 0 Å².